The number of fused-ring (bicyclic) bond motifs is 1. The summed E-state index contributed by atoms with van der Waals surface area (Å²) >= 11 is 1.25. The summed E-state index contributed by atoms with van der Waals surface area (Å²) < 4.78 is 63.6. The lowest BCUT2D eigenvalue weighted by Gasteiger charge is -2.28. The molecule has 6 nitrogen and oxygen atoms in total. The average molecular weight is 487 g/mol. The number of aromatic nitrogens is 4. The third-order valence-corrected chi connectivity index (χ3v) is 6.22. The van der Waals surface area contributed by atoms with Gasteiger partial charge in [0.2, 0.25) is 5.95 Å². The number of nitrogens with one attached hydrogen (secondary N) is 1. The maximum absolute atomic E-state index is 13.4. The minimum absolute atomic E-state index is 0.192. The molecule has 0 saturated heterocycles. The molecule has 0 amide bonds. The Morgan fingerprint density at radius 1 is 1.06 bits per heavy atom. The van der Waals surface area contributed by atoms with Gasteiger partial charge >= 0.3 is 6.18 Å². The number of pyridine rings is 1. The Labute approximate surface area is 196 Å². The van der Waals surface area contributed by atoms with E-state index in [0.717, 1.165) is 22.6 Å². The summed E-state index contributed by atoms with van der Waals surface area (Å²) in [7, 11) is 0. The van der Waals surface area contributed by atoms with E-state index >= 15 is 0 Å². The molecule has 2 aromatic heterocycles. The monoisotopic (exact) mass is 487 g/mol. The predicted molar refractivity (Wildman–Crippen MR) is 118 cm³/mol. The predicted octanol–water partition coefficient (Wildman–Crippen LogP) is 5.85. The van der Waals surface area contributed by atoms with Gasteiger partial charge in [0.15, 0.2) is 0 Å². The summed E-state index contributed by atoms with van der Waals surface area (Å²) in [5.41, 5.74) is 1.13. The molecule has 11 heteroatoms. The number of halogens is 4. The van der Waals surface area contributed by atoms with Crippen molar-refractivity contribution in [3.05, 3.63) is 89.6 Å². The van der Waals surface area contributed by atoms with Crippen molar-refractivity contribution in [2.24, 2.45) is 0 Å². The lowest BCUT2D eigenvalue weighted by Crippen LogP contribution is -2.18. The molecule has 3 heterocycles. The second-order valence-corrected chi connectivity index (χ2v) is 8.44. The third-order valence-electron chi connectivity index (χ3n) is 5.42. The van der Waals surface area contributed by atoms with Gasteiger partial charge in [-0.15, -0.1) is 5.10 Å². The van der Waals surface area contributed by atoms with Crippen LogP contribution in [0, 0.1) is 5.95 Å². The second-order valence-electron chi connectivity index (χ2n) is 7.56. The molecule has 0 spiro atoms. The van der Waals surface area contributed by atoms with Crippen molar-refractivity contribution in [2.45, 2.75) is 23.4 Å². The first-order valence-electron chi connectivity index (χ1n) is 10.3. The Balaban J connectivity index is 1.46. The van der Waals surface area contributed by atoms with Gasteiger partial charge in [-0.1, -0.05) is 23.4 Å². The minimum atomic E-state index is -4.48. The molecule has 4 aromatic rings. The molecular formula is C23H17F4N5OS. The summed E-state index contributed by atoms with van der Waals surface area (Å²) in [5, 5.41) is 7.67. The lowest BCUT2D eigenvalue weighted by molar-refractivity contribution is -0.137. The number of hydrogen-bond donors (Lipinski definition) is 1. The normalized spacial score (nSPS) is 15.5. The average Bonchev–Trinajstić information content (AvgIpc) is 3.36. The minimum Gasteiger partial charge on any atom is -0.493 e. The van der Waals surface area contributed by atoms with Crippen molar-refractivity contribution in [1.82, 2.24) is 20.0 Å². The lowest BCUT2D eigenvalue weighted by atomic mass is 9.85. The van der Waals surface area contributed by atoms with Crippen LogP contribution < -0.4 is 9.46 Å². The Morgan fingerprint density at radius 3 is 2.68 bits per heavy atom. The molecule has 1 unspecified atom stereocenters. The summed E-state index contributed by atoms with van der Waals surface area (Å²) in [6.07, 6.45) is -0.938. The van der Waals surface area contributed by atoms with Crippen LogP contribution in [0.15, 0.2) is 71.9 Å². The van der Waals surface area contributed by atoms with Crippen molar-refractivity contribution >= 4 is 17.8 Å². The van der Waals surface area contributed by atoms with Crippen LogP contribution in [-0.2, 0) is 6.18 Å². The van der Waals surface area contributed by atoms with E-state index < -0.39 is 17.7 Å². The van der Waals surface area contributed by atoms with E-state index in [9.17, 15) is 17.6 Å². The Bertz CT molecular complexity index is 1310. The number of nitrogens with zero attached hydrogens (tertiary/aromatic N) is 4. The molecule has 0 bridgehead atoms. The first-order valence-corrected chi connectivity index (χ1v) is 11.1. The molecular weight excluding hydrogens is 470 g/mol. The first kappa shape index (κ1) is 22.2. The second kappa shape index (κ2) is 8.98. The number of hydrogen-bond acceptors (Lipinski definition) is 6. The Morgan fingerprint density at radius 2 is 1.91 bits per heavy atom. The van der Waals surface area contributed by atoms with Gasteiger partial charge in [0, 0.05) is 16.4 Å². The largest absolute Gasteiger partial charge is 0.493 e. The van der Waals surface area contributed by atoms with Gasteiger partial charge < -0.3 is 9.46 Å². The molecule has 5 rings (SSSR count). The molecule has 0 fully saturated rings. The van der Waals surface area contributed by atoms with Crippen LogP contribution in [0.3, 0.4) is 0 Å². The SMILES string of the molecule is Fc1cccc(NSc2ccc3c(c2)OCCC3c2ccc(C(F)(F)F)cc2-n2ccnn2)n1. The molecule has 34 heavy (non-hydrogen) atoms. The van der Waals surface area contributed by atoms with Crippen molar-refractivity contribution in [3.8, 4) is 11.4 Å². The molecule has 1 aliphatic rings. The molecule has 0 radical (unpaired) electrons. The number of ether oxygens (including phenoxy) is 1. The van der Waals surface area contributed by atoms with Gasteiger partial charge in [-0.3, -0.25) is 0 Å². The van der Waals surface area contributed by atoms with E-state index in [2.05, 4.69) is 20.0 Å². The fraction of sp³-hybridized carbons (Fsp3) is 0.174. The molecule has 174 valence electrons. The summed E-state index contributed by atoms with van der Waals surface area (Å²) in [6.45, 7) is 0.405. The van der Waals surface area contributed by atoms with E-state index in [1.165, 1.54) is 41.2 Å². The van der Waals surface area contributed by atoms with Crippen LogP contribution >= 0.6 is 11.9 Å². The number of alkyl halides is 3. The van der Waals surface area contributed by atoms with E-state index in [1.54, 1.807) is 12.1 Å². The van der Waals surface area contributed by atoms with Gasteiger partial charge in [-0.25, -0.2) is 9.67 Å². The van der Waals surface area contributed by atoms with Gasteiger partial charge in [0.25, 0.3) is 0 Å². The van der Waals surface area contributed by atoms with Crippen molar-refractivity contribution < 1.29 is 22.3 Å². The van der Waals surface area contributed by atoms with Crippen LogP contribution in [0.4, 0.5) is 23.4 Å². The molecule has 0 aliphatic carbocycles. The fourth-order valence-electron chi connectivity index (χ4n) is 3.88. The Kier molecular flexibility index (Phi) is 5.86. The van der Waals surface area contributed by atoms with Crippen LogP contribution in [0.5, 0.6) is 5.75 Å². The van der Waals surface area contributed by atoms with Gasteiger partial charge in [-0.2, -0.15) is 17.6 Å². The smallest absolute Gasteiger partial charge is 0.416 e. The highest BCUT2D eigenvalue weighted by Crippen LogP contribution is 2.43. The highest BCUT2D eigenvalue weighted by atomic mass is 32.2. The third kappa shape index (κ3) is 4.56. The van der Waals surface area contributed by atoms with E-state index in [0.29, 0.717) is 35.8 Å². The quantitative estimate of drug-likeness (QED) is 0.216. The van der Waals surface area contributed by atoms with Crippen molar-refractivity contribution in [3.63, 3.8) is 0 Å². The standard InChI is InChI=1S/C23H17F4N5OS/c24-21-2-1-3-22(29-21)30-34-15-5-7-18-16(8-11-33-20(18)13-15)17-6-4-14(23(25,26)27)12-19(17)32-10-9-28-31-32/h1-7,9-10,12-13,16H,8,11H2,(H,29,30). The zero-order chi connectivity index (χ0) is 23.7. The zero-order valence-electron chi connectivity index (χ0n) is 17.5. The Hall–Kier alpha value is -3.60. The number of anilines is 1. The maximum Gasteiger partial charge on any atom is 0.416 e. The first-order chi connectivity index (χ1) is 16.4. The van der Waals surface area contributed by atoms with Crippen molar-refractivity contribution in [1.29, 1.82) is 0 Å². The topological polar surface area (TPSA) is 64.9 Å². The van der Waals surface area contributed by atoms with Crippen molar-refractivity contribution in [2.75, 3.05) is 11.3 Å². The van der Waals surface area contributed by atoms with E-state index in [-0.39, 0.29) is 5.92 Å². The summed E-state index contributed by atoms with van der Waals surface area (Å²) in [6, 6.07) is 13.8. The fourth-order valence-corrected chi connectivity index (χ4v) is 4.52. The molecule has 1 aliphatic heterocycles. The number of benzene rings is 2. The van der Waals surface area contributed by atoms with Crippen LogP contribution in [0.25, 0.3) is 5.69 Å². The van der Waals surface area contributed by atoms with Crippen LogP contribution in [0.1, 0.15) is 29.0 Å². The van der Waals surface area contributed by atoms with E-state index in [1.807, 2.05) is 18.2 Å². The summed E-state index contributed by atoms with van der Waals surface area (Å²) in [4.78, 5) is 4.58. The number of rotatable bonds is 5. The molecule has 1 atom stereocenters. The molecule has 2 aromatic carbocycles. The zero-order valence-corrected chi connectivity index (χ0v) is 18.3. The van der Waals surface area contributed by atoms with E-state index in [4.69, 9.17) is 4.74 Å². The highest BCUT2D eigenvalue weighted by molar-refractivity contribution is 8.00. The molecule has 1 N–H and O–H groups in total. The maximum atomic E-state index is 13.4. The van der Waals surface area contributed by atoms with Gasteiger partial charge in [0.05, 0.1) is 30.3 Å². The van der Waals surface area contributed by atoms with Gasteiger partial charge in [-0.05, 0) is 60.3 Å². The van der Waals surface area contributed by atoms with Crippen LogP contribution in [0.2, 0.25) is 0 Å². The van der Waals surface area contributed by atoms with Gasteiger partial charge in [0.1, 0.15) is 11.6 Å². The summed E-state index contributed by atoms with van der Waals surface area (Å²) in [5.74, 6) is 0.243. The van der Waals surface area contributed by atoms with Crippen LogP contribution in [-0.4, -0.2) is 26.6 Å². The highest BCUT2D eigenvalue weighted by Gasteiger charge is 2.33. The molecule has 0 saturated carbocycles.